The van der Waals surface area contributed by atoms with Crippen molar-refractivity contribution in [3.8, 4) is 0 Å². The molecule has 0 saturated heterocycles. The first-order valence-corrected chi connectivity index (χ1v) is 5.18. The van der Waals surface area contributed by atoms with Crippen LogP contribution in [0.3, 0.4) is 0 Å². The number of allylic oxidation sites excluding steroid dienone is 2. The Morgan fingerprint density at radius 1 is 1.35 bits per heavy atom. The number of hydrogen-bond acceptors (Lipinski definition) is 4. The van der Waals surface area contributed by atoms with Crippen LogP contribution in [0.1, 0.15) is 33.1 Å². The molecule has 0 rings (SSSR count). The van der Waals surface area contributed by atoms with Crippen molar-refractivity contribution >= 4 is 17.7 Å². The van der Waals surface area contributed by atoms with E-state index < -0.39 is 11.9 Å². The van der Waals surface area contributed by atoms with E-state index in [0.717, 1.165) is 0 Å². The van der Waals surface area contributed by atoms with Gasteiger partial charge in [-0.3, -0.25) is 9.59 Å². The van der Waals surface area contributed by atoms with Crippen LogP contribution < -0.4 is 0 Å². The Morgan fingerprint density at radius 3 is 2.29 bits per heavy atom. The van der Waals surface area contributed by atoms with E-state index in [0.29, 0.717) is 0 Å². The smallest absolute Gasteiger partial charge is 0.335 e. The highest BCUT2D eigenvalue weighted by molar-refractivity contribution is 5.95. The summed E-state index contributed by atoms with van der Waals surface area (Å²) < 4.78 is 4.88. The lowest BCUT2D eigenvalue weighted by molar-refractivity contribution is -0.142. The van der Waals surface area contributed by atoms with Crippen molar-refractivity contribution in [2.45, 2.75) is 33.1 Å². The van der Waals surface area contributed by atoms with Gasteiger partial charge in [-0.2, -0.15) is 0 Å². The van der Waals surface area contributed by atoms with Gasteiger partial charge in [-0.25, -0.2) is 4.79 Å². The molecule has 5 nitrogen and oxygen atoms in total. The largest absolute Gasteiger partial charge is 0.478 e. The molecular formula is C12H16O5. The molecule has 0 bridgehead atoms. The average Bonchev–Trinajstić information content (AvgIpc) is 2.21. The minimum atomic E-state index is -1.16. The third-order valence-electron chi connectivity index (χ3n) is 1.89. The first-order valence-electron chi connectivity index (χ1n) is 5.18. The van der Waals surface area contributed by atoms with Crippen molar-refractivity contribution in [3.05, 3.63) is 24.0 Å². The van der Waals surface area contributed by atoms with Crippen LogP contribution in [0, 0.1) is 0 Å². The maximum absolute atomic E-state index is 11.3. The Kier molecular flexibility index (Phi) is 6.55. The van der Waals surface area contributed by atoms with E-state index in [9.17, 15) is 14.4 Å². The molecule has 0 aromatic heterocycles. The van der Waals surface area contributed by atoms with Crippen LogP contribution in [-0.4, -0.2) is 22.8 Å². The van der Waals surface area contributed by atoms with Crippen LogP contribution in [-0.2, 0) is 19.1 Å². The van der Waals surface area contributed by atoms with Gasteiger partial charge >= 0.3 is 11.9 Å². The summed E-state index contributed by atoms with van der Waals surface area (Å²) in [6.45, 7) is 6.37. The Morgan fingerprint density at radius 2 is 1.94 bits per heavy atom. The number of rotatable bonds is 7. The number of carbonyl (C=O) groups excluding carboxylic acids is 2. The fourth-order valence-corrected chi connectivity index (χ4v) is 1.19. The van der Waals surface area contributed by atoms with Gasteiger partial charge in [0.25, 0.3) is 0 Å². The van der Waals surface area contributed by atoms with Gasteiger partial charge in [-0.1, -0.05) is 13.0 Å². The molecule has 0 aliphatic heterocycles. The van der Waals surface area contributed by atoms with E-state index >= 15 is 0 Å². The molecule has 0 atom stereocenters. The number of carboxylic acids is 1. The summed E-state index contributed by atoms with van der Waals surface area (Å²) in [4.78, 5) is 32.9. The second kappa shape index (κ2) is 7.38. The van der Waals surface area contributed by atoms with E-state index in [-0.39, 0.29) is 36.4 Å². The Balaban J connectivity index is 4.94. The van der Waals surface area contributed by atoms with Crippen molar-refractivity contribution in [2.24, 2.45) is 0 Å². The number of aliphatic carboxylic acids is 1. The van der Waals surface area contributed by atoms with E-state index in [1.54, 1.807) is 6.92 Å². The second-order valence-corrected chi connectivity index (χ2v) is 3.41. The monoisotopic (exact) mass is 240 g/mol. The summed E-state index contributed by atoms with van der Waals surface area (Å²) in [5.74, 6) is -2.15. The van der Waals surface area contributed by atoms with Crippen molar-refractivity contribution < 1.29 is 24.2 Å². The summed E-state index contributed by atoms with van der Waals surface area (Å²) >= 11 is 0. The van der Waals surface area contributed by atoms with Crippen molar-refractivity contribution in [3.63, 3.8) is 0 Å². The van der Waals surface area contributed by atoms with Gasteiger partial charge in [0.05, 0.1) is 5.57 Å². The first kappa shape index (κ1) is 15.1. The maximum atomic E-state index is 11.3. The summed E-state index contributed by atoms with van der Waals surface area (Å²) in [5, 5.41) is 8.94. The minimum Gasteiger partial charge on any atom is -0.478 e. The predicted octanol–water partition coefficient (Wildman–Crippen LogP) is 1.83. The average molecular weight is 240 g/mol. The molecular weight excluding hydrogens is 224 g/mol. The molecule has 0 spiro atoms. The third kappa shape index (κ3) is 5.65. The quantitative estimate of drug-likeness (QED) is 0.241. The van der Waals surface area contributed by atoms with Crippen LogP contribution in [0.25, 0.3) is 0 Å². The number of ether oxygens (including phenoxy) is 1. The molecule has 1 N–H and O–H groups in total. The maximum Gasteiger partial charge on any atom is 0.335 e. The van der Waals surface area contributed by atoms with E-state index in [2.05, 4.69) is 6.58 Å². The van der Waals surface area contributed by atoms with E-state index in [1.807, 2.05) is 0 Å². The molecule has 0 radical (unpaired) electrons. The number of Topliss-reactive ketones (excluding diaryl/α,β-unsaturated/α-hetero) is 1. The topological polar surface area (TPSA) is 80.7 Å². The van der Waals surface area contributed by atoms with E-state index in [1.165, 1.54) is 13.0 Å². The predicted molar refractivity (Wildman–Crippen MR) is 61.2 cm³/mol. The van der Waals surface area contributed by atoms with Crippen molar-refractivity contribution in [1.82, 2.24) is 0 Å². The van der Waals surface area contributed by atoms with E-state index in [4.69, 9.17) is 9.84 Å². The Bertz CT molecular complexity index is 365. The van der Waals surface area contributed by atoms with Crippen LogP contribution in [0.15, 0.2) is 24.0 Å². The molecule has 0 unspecified atom stereocenters. The molecule has 0 aromatic carbocycles. The van der Waals surface area contributed by atoms with Crippen LogP contribution in [0.5, 0.6) is 0 Å². The zero-order valence-electron chi connectivity index (χ0n) is 9.99. The molecule has 17 heavy (non-hydrogen) atoms. The normalized spacial score (nSPS) is 11.4. The lowest BCUT2D eigenvalue weighted by Crippen LogP contribution is -2.12. The molecule has 0 fully saturated rings. The van der Waals surface area contributed by atoms with Crippen LogP contribution in [0.2, 0.25) is 0 Å². The fourth-order valence-electron chi connectivity index (χ4n) is 1.19. The van der Waals surface area contributed by atoms with Gasteiger partial charge in [0.1, 0.15) is 18.0 Å². The number of ketones is 1. The van der Waals surface area contributed by atoms with Crippen LogP contribution in [0.4, 0.5) is 0 Å². The zero-order valence-corrected chi connectivity index (χ0v) is 9.99. The van der Waals surface area contributed by atoms with Gasteiger partial charge in [0.15, 0.2) is 0 Å². The lowest BCUT2D eigenvalue weighted by Gasteiger charge is -2.09. The lowest BCUT2D eigenvalue weighted by atomic mass is 10.1. The van der Waals surface area contributed by atoms with Crippen molar-refractivity contribution in [1.29, 1.82) is 0 Å². The van der Waals surface area contributed by atoms with Gasteiger partial charge in [0.2, 0.25) is 0 Å². The summed E-state index contributed by atoms with van der Waals surface area (Å²) in [7, 11) is 0. The van der Waals surface area contributed by atoms with Gasteiger partial charge in [-0.05, 0) is 6.92 Å². The molecule has 94 valence electrons. The first-order chi connectivity index (χ1) is 7.92. The second-order valence-electron chi connectivity index (χ2n) is 3.41. The molecule has 5 heteroatoms. The number of carboxylic acid groups (broad SMARTS) is 1. The molecule has 0 aliphatic rings. The highest BCUT2D eigenvalue weighted by Crippen LogP contribution is 2.15. The number of hydrogen-bond donors (Lipinski definition) is 1. The number of carbonyl (C=O) groups is 3. The summed E-state index contributed by atoms with van der Waals surface area (Å²) in [6.07, 6.45) is 1.42. The Hall–Kier alpha value is -1.91. The Labute approximate surface area is 99.8 Å². The van der Waals surface area contributed by atoms with Gasteiger partial charge in [-0.15, -0.1) is 6.58 Å². The number of esters is 1. The highest BCUT2D eigenvalue weighted by atomic mass is 16.5. The molecule has 0 aliphatic carbocycles. The molecule has 0 amide bonds. The molecule has 0 aromatic rings. The zero-order chi connectivity index (χ0) is 13.4. The standard InChI is InChI=1S/C12H16O5/c1-4-6-9(12(15)16)10(5-2)17-11(14)7-8(3)13/h4H,1,5-7H2,2-3H3,(H,15,16). The highest BCUT2D eigenvalue weighted by Gasteiger charge is 2.17. The third-order valence-corrected chi connectivity index (χ3v) is 1.89. The van der Waals surface area contributed by atoms with Crippen LogP contribution >= 0.6 is 0 Å². The SMILES string of the molecule is C=CCC(C(=O)O)=C(CC)OC(=O)CC(C)=O. The van der Waals surface area contributed by atoms with Gasteiger partial charge in [0, 0.05) is 12.8 Å². The summed E-state index contributed by atoms with van der Waals surface area (Å²) in [5.41, 5.74) is -0.0144. The molecule has 0 heterocycles. The minimum absolute atomic E-state index is 0.0144. The fraction of sp³-hybridized carbons (Fsp3) is 0.417. The van der Waals surface area contributed by atoms with Crippen molar-refractivity contribution in [2.75, 3.05) is 0 Å². The summed E-state index contributed by atoms with van der Waals surface area (Å²) in [6, 6.07) is 0. The molecule has 0 saturated carbocycles. The van der Waals surface area contributed by atoms with Gasteiger partial charge < -0.3 is 9.84 Å².